The number of fused-ring (bicyclic) bond motifs is 1. The second-order valence-corrected chi connectivity index (χ2v) is 6.21. The molecule has 3 nitrogen and oxygen atoms in total. The fraction of sp³-hybridized carbons (Fsp3) is 0.125. The molecule has 0 N–H and O–H groups in total. The van der Waals surface area contributed by atoms with Crippen molar-refractivity contribution in [3.63, 3.8) is 0 Å². The van der Waals surface area contributed by atoms with Crippen molar-refractivity contribution in [3.05, 3.63) is 63.0 Å². The van der Waals surface area contributed by atoms with Crippen molar-refractivity contribution in [1.82, 2.24) is 9.55 Å². The van der Waals surface area contributed by atoms with E-state index in [-0.39, 0.29) is 0 Å². The maximum Gasteiger partial charge on any atom is 0.125 e. The average molecular weight is 408 g/mol. The Morgan fingerprint density at radius 1 is 1.24 bits per heavy atom. The number of hydrogen-bond acceptors (Lipinski definition) is 2. The van der Waals surface area contributed by atoms with Gasteiger partial charge < -0.3 is 4.57 Å². The highest BCUT2D eigenvalue weighted by atomic mass is 127. The smallest absolute Gasteiger partial charge is 0.125 e. The molecule has 0 aliphatic rings. The van der Waals surface area contributed by atoms with Crippen molar-refractivity contribution < 1.29 is 0 Å². The molecule has 0 aliphatic heterocycles. The summed E-state index contributed by atoms with van der Waals surface area (Å²) in [6, 6.07) is 16.0. The molecule has 0 atom stereocenters. The molecular formula is C16H11ClIN3. The zero-order valence-corrected chi connectivity index (χ0v) is 14.0. The quantitative estimate of drug-likeness (QED) is 0.480. The van der Waals surface area contributed by atoms with Crippen LogP contribution in [0.15, 0.2) is 42.5 Å². The van der Waals surface area contributed by atoms with Gasteiger partial charge in [-0.25, -0.2) is 4.98 Å². The predicted octanol–water partition coefficient (Wildman–Crippen LogP) is 4.30. The molecule has 0 saturated carbocycles. The number of rotatable bonds is 3. The van der Waals surface area contributed by atoms with Gasteiger partial charge in [0, 0.05) is 10.1 Å². The summed E-state index contributed by atoms with van der Waals surface area (Å²) in [5.74, 6) is 1.21. The maximum atomic E-state index is 9.00. The molecule has 0 unspecified atom stereocenters. The van der Waals surface area contributed by atoms with Crippen LogP contribution in [0, 0.1) is 14.9 Å². The van der Waals surface area contributed by atoms with Crippen molar-refractivity contribution in [2.75, 3.05) is 0 Å². The van der Waals surface area contributed by atoms with Crippen molar-refractivity contribution in [2.24, 2.45) is 0 Å². The monoisotopic (exact) mass is 407 g/mol. The summed E-state index contributed by atoms with van der Waals surface area (Å²) < 4.78 is 3.26. The molecule has 0 fully saturated rings. The number of halogens is 2. The summed E-state index contributed by atoms with van der Waals surface area (Å²) in [6.45, 7) is 0.661. The fourth-order valence-corrected chi connectivity index (χ4v) is 3.03. The van der Waals surface area contributed by atoms with Crippen molar-refractivity contribution in [1.29, 1.82) is 5.26 Å². The number of imidazole rings is 1. The van der Waals surface area contributed by atoms with E-state index in [9.17, 15) is 0 Å². The summed E-state index contributed by atoms with van der Waals surface area (Å²) in [4.78, 5) is 4.59. The second-order valence-electron chi connectivity index (χ2n) is 4.69. The summed E-state index contributed by atoms with van der Waals surface area (Å²) in [5, 5.41) is 9.00. The first-order valence-electron chi connectivity index (χ1n) is 6.41. The molecule has 104 valence electrons. The minimum absolute atomic E-state index is 0.364. The Morgan fingerprint density at radius 2 is 2.10 bits per heavy atom. The molecular weight excluding hydrogens is 397 g/mol. The van der Waals surface area contributed by atoms with Gasteiger partial charge in [-0.3, -0.25) is 0 Å². The summed E-state index contributed by atoms with van der Waals surface area (Å²) in [6.07, 6.45) is 0. The number of aromatic nitrogens is 2. The fourth-order valence-electron chi connectivity index (χ4n) is 2.35. The molecule has 3 aromatic rings. The van der Waals surface area contributed by atoms with Crippen LogP contribution in [0.1, 0.15) is 17.0 Å². The van der Waals surface area contributed by atoms with Crippen molar-refractivity contribution in [3.8, 4) is 6.07 Å². The van der Waals surface area contributed by atoms with Gasteiger partial charge in [-0.1, -0.05) is 12.1 Å². The highest BCUT2D eigenvalue weighted by Crippen LogP contribution is 2.21. The first-order valence-corrected chi connectivity index (χ1v) is 8.02. The van der Waals surface area contributed by atoms with E-state index in [1.807, 2.05) is 24.3 Å². The van der Waals surface area contributed by atoms with E-state index in [1.54, 1.807) is 6.07 Å². The number of nitrogens with zero attached hydrogens (tertiary/aromatic N) is 3. The summed E-state index contributed by atoms with van der Waals surface area (Å²) >= 11 is 8.31. The van der Waals surface area contributed by atoms with Crippen molar-refractivity contribution in [2.45, 2.75) is 12.4 Å². The first-order chi connectivity index (χ1) is 10.2. The van der Waals surface area contributed by atoms with Crippen LogP contribution in [0.25, 0.3) is 11.0 Å². The molecule has 1 aromatic heterocycles. The van der Waals surface area contributed by atoms with Crippen LogP contribution in [0.5, 0.6) is 0 Å². The van der Waals surface area contributed by atoms with Crippen molar-refractivity contribution >= 4 is 45.2 Å². The van der Waals surface area contributed by atoms with Gasteiger partial charge in [-0.05, 0) is 58.5 Å². The first kappa shape index (κ1) is 14.4. The van der Waals surface area contributed by atoms with Gasteiger partial charge in [-0.15, -0.1) is 11.6 Å². The van der Waals surface area contributed by atoms with Crippen LogP contribution in [-0.2, 0) is 12.4 Å². The lowest BCUT2D eigenvalue weighted by Gasteiger charge is -2.08. The Labute approximate surface area is 141 Å². The van der Waals surface area contributed by atoms with E-state index in [1.165, 1.54) is 0 Å². The van der Waals surface area contributed by atoms with E-state index in [2.05, 4.69) is 50.3 Å². The molecule has 3 rings (SSSR count). The van der Waals surface area contributed by atoms with E-state index < -0.39 is 0 Å². The molecule has 0 spiro atoms. The second kappa shape index (κ2) is 6.04. The minimum Gasteiger partial charge on any atom is -0.322 e. The van der Waals surface area contributed by atoms with Crippen LogP contribution < -0.4 is 0 Å². The highest BCUT2D eigenvalue weighted by molar-refractivity contribution is 14.1. The van der Waals surface area contributed by atoms with E-state index in [0.29, 0.717) is 18.0 Å². The normalized spacial score (nSPS) is 10.7. The van der Waals surface area contributed by atoms with Gasteiger partial charge in [0.25, 0.3) is 0 Å². The minimum atomic E-state index is 0.364. The van der Waals surface area contributed by atoms with E-state index in [0.717, 1.165) is 26.0 Å². The van der Waals surface area contributed by atoms with Crippen LogP contribution in [-0.4, -0.2) is 9.55 Å². The molecule has 5 heteroatoms. The largest absolute Gasteiger partial charge is 0.322 e. The Bertz CT molecular complexity index is 848. The SMILES string of the molecule is N#Cc1cccc(Cn2c(CCl)nc3cc(I)ccc32)c1. The Balaban J connectivity index is 2.08. The Hall–Kier alpha value is -1.58. The number of alkyl halides is 1. The third-order valence-corrected chi connectivity index (χ3v) is 4.22. The molecule has 0 radical (unpaired) electrons. The summed E-state index contributed by atoms with van der Waals surface area (Å²) in [7, 11) is 0. The molecule has 0 aliphatic carbocycles. The van der Waals surface area contributed by atoms with Crippen LogP contribution in [0.2, 0.25) is 0 Å². The maximum absolute atomic E-state index is 9.00. The van der Waals surface area contributed by atoms with Crippen LogP contribution >= 0.6 is 34.2 Å². The highest BCUT2D eigenvalue weighted by Gasteiger charge is 2.11. The molecule has 0 amide bonds. The average Bonchev–Trinajstić information content (AvgIpc) is 2.84. The van der Waals surface area contributed by atoms with Crippen LogP contribution in [0.4, 0.5) is 0 Å². The van der Waals surface area contributed by atoms with Gasteiger partial charge in [0.1, 0.15) is 5.82 Å². The Kier molecular flexibility index (Phi) is 4.13. The lowest BCUT2D eigenvalue weighted by atomic mass is 10.1. The Morgan fingerprint density at radius 3 is 2.86 bits per heavy atom. The number of hydrogen-bond donors (Lipinski definition) is 0. The predicted molar refractivity (Wildman–Crippen MR) is 92.3 cm³/mol. The lowest BCUT2D eigenvalue weighted by molar-refractivity contribution is 0.778. The molecule has 0 bridgehead atoms. The van der Waals surface area contributed by atoms with Gasteiger partial charge in [0.2, 0.25) is 0 Å². The molecule has 1 heterocycles. The third kappa shape index (κ3) is 2.89. The standard InChI is InChI=1S/C16H11ClIN3/c17-8-16-20-14-7-13(18)4-5-15(14)21(16)10-12-3-1-2-11(6-12)9-19/h1-7H,8,10H2. The van der Waals surface area contributed by atoms with Gasteiger partial charge in [-0.2, -0.15) is 5.26 Å². The van der Waals surface area contributed by atoms with Gasteiger partial charge in [0.05, 0.1) is 28.5 Å². The molecule has 0 saturated heterocycles. The topological polar surface area (TPSA) is 41.6 Å². The zero-order valence-electron chi connectivity index (χ0n) is 11.1. The van der Waals surface area contributed by atoms with E-state index in [4.69, 9.17) is 16.9 Å². The zero-order chi connectivity index (χ0) is 14.8. The number of benzene rings is 2. The third-order valence-electron chi connectivity index (χ3n) is 3.31. The lowest BCUT2D eigenvalue weighted by Crippen LogP contribution is -2.04. The number of nitriles is 1. The van der Waals surface area contributed by atoms with Gasteiger partial charge in [0.15, 0.2) is 0 Å². The molecule has 2 aromatic carbocycles. The molecule has 21 heavy (non-hydrogen) atoms. The van der Waals surface area contributed by atoms with Gasteiger partial charge >= 0.3 is 0 Å². The summed E-state index contributed by atoms with van der Waals surface area (Å²) in [5.41, 5.74) is 3.75. The van der Waals surface area contributed by atoms with E-state index >= 15 is 0 Å². The van der Waals surface area contributed by atoms with Crippen LogP contribution in [0.3, 0.4) is 0 Å².